The molecule has 0 aliphatic heterocycles. The van der Waals surface area contributed by atoms with Gasteiger partial charge in [0.05, 0.1) is 5.69 Å². The predicted molar refractivity (Wildman–Crippen MR) is 78.0 cm³/mol. The summed E-state index contributed by atoms with van der Waals surface area (Å²) in [4.78, 5) is 15.9. The van der Waals surface area contributed by atoms with Crippen LogP contribution in [0, 0.1) is 0 Å². The maximum absolute atomic E-state index is 12.0. The number of ether oxygens (including phenoxy) is 1. The van der Waals surface area contributed by atoms with Gasteiger partial charge in [-0.1, -0.05) is 11.6 Å². The van der Waals surface area contributed by atoms with Crippen LogP contribution in [-0.2, 0) is 0 Å². The second-order valence-corrected chi connectivity index (χ2v) is 5.12. The fourth-order valence-electron chi connectivity index (χ4n) is 1.49. The number of amides is 1. The summed E-state index contributed by atoms with van der Waals surface area (Å²) in [7, 11) is 0. The molecule has 0 unspecified atom stereocenters. The van der Waals surface area contributed by atoms with Crippen LogP contribution in [0.25, 0.3) is 0 Å². The maximum atomic E-state index is 12.0. The second-order valence-electron chi connectivity index (χ2n) is 3.85. The first-order valence-corrected chi connectivity index (χ1v) is 6.80. The van der Waals surface area contributed by atoms with Gasteiger partial charge in [-0.3, -0.25) is 4.79 Å². The maximum Gasteiger partial charge on any atom is 0.387 e. The molecule has 1 aromatic carbocycles. The van der Waals surface area contributed by atoms with Crippen LogP contribution in [0.5, 0.6) is 5.75 Å². The number of benzene rings is 1. The molecular formula is C13H8BrClF2N2O2. The number of aromatic nitrogens is 1. The van der Waals surface area contributed by atoms with Crippen molar-refractivity contribution in [2.75, 3.05) is 5.32 Å². The van der Waals surface area contributed by atoms with E-state index in [-0.39, 0.29) is 16.5 Å². The smallest absolute Gasteiger partial charge is 0.387 e. The van der Waals surface area contributed by atoms with Gasteiger partial charge in [-0.15, -0.1) is 0 Å². The normalized spacial score (nSPS) is 10.5. The lowest BCUT2D eigenvalue weighted by Crippen LogP contribution is -2.12. The van der Waals surface area contributed by atoms with Gasteiger partial charge in [0.15, 0.2) is 5.15 Å². The van der Waals surface area contributed by atoms with E-state index < -0.39 is 12.5 Å². The zero-order valence-electron chi connectivity index (χ0n) is 10.3. The number of halogens is 4. The predicted octanol–water partition coefficient (Wildman–Crippen LogP) is 4.35. The molecule has 0 fully saturated rings. The minimum atomic E-state index is -2.91. The highest BCUT2D eigenvalue weighted by Gasteiger charge is 2.11. The average molecular weight is 378 g/mol. The molecule has 0 saturated heterocycles. The Bertz CT molecular complexity index is 653. The molecule has 0 atom stereocenters. The number of alkyl halides is 2. The van der Waals surface area contributed by atoms with Crippen molar-refractivity contribution in [3.8, 4) is 5.75 Å². The third kappa shape index (κ3) is 4.37. The number of nitrogens with one attached hydrogen (secondary N) is 1. The highest BCUT2D eigenvalue weighted by Crippen LogP contribution is 2.24. The zero-order chi connectivity index (χ0) is 15.4. The minimum Gasteiger partial charge on any atom is -0.435 e. The molecule has 1 amide bonds. The molecule has 2 aromatic rings. The highest BCUT2D eigenvalue weighted by atomic mass is 79.9. The van der Waals surface area contributed by atoms with Crippen LogP contribution in [-0.4, -0.2) is 17.5 Å². The van der Waals surface area contributed by atoms with Gasteiger partial charge < -0.3 is 10.1 Å². The Balaban J connectivity index is 2.11. The fraction of sp³-hybridized carbons (Fsp3) is 0.0769. The van der Waals surface area contributed by atoms with E-state index in [0.29, 0.717) is 10.2 Å². The van der Waals surface area contributed by atoms with Crippen molar-refractivity contribution < 1.29 is 18.3 Å². The molecule has 1 heterocycles. The van der Waals surface area contributed by atoms with Crippen LogP contribution in [0.4, 0.5) is 14.5 Å². The first-order valence-electron chi connectivity index (χ1n) is 5.63. The SMILES string of the molecule is O=C(Nc1cc(Br)cnc1Cl)c1ccc(OC(F)F)cc1. The van der Waals surface area contributed by atoms with Crippen molar-refractivity contribution >= 4 is 39.1 Å². The molecule has 8 heteroatoms. The summed E-state index contributed by atoms with van der Waals surface area (Å²) in [5.41, 5.74) is 0.608. The van der Waals surface area contributed by atoms with Gasteiger partial charge in [0.1, 0.15) is 5.75 Å². The molecule has 0 spiro atoms. The van der Waals surface area contributed by atoms with E-state index in [1.165, 1.54) is 30.5 Å². The summed E-state index contributed by atoms with van der Waals surface area (Å²) >= 11 is 9.08. The van der Waals surface area contributed by atoms with Crippen molar-refractivity contribution in [1.82, 2.24) is 4.98 Å². The molecule has 0 aliphatic carbocycles. The second kappa shape index (κ2) is 6.82. The van der Waals surface area contributed by atoms with Crippen molar-refractivity contribution in [2.24, 2.45) is 0 Å². The van der Waals surface area contributed by atoms with Crippen LogP contribution < -0.4 is 10.1 Å². The third-order valence-electron chi connectivity index (χ3n) is 2.40. The summed E-state index contributed by atoms with van der Waals surface area (Å²) < 4.78 is 28.9. The number of carbonyl (C=O) groups excluding carboxylic acids is 1. The average Bonchev–Trinajstić information content (AvgIpc) is 2.43. The molecule has 0 bridgehead atoms. The minimum absolute atomic E-state index is 0.0243. The standard InChI is InChI=1S/C13H8BrClF2N2O2/c14-8-5-10(11(15)18-6-8)19-12(20)7-1-3-9(4-2-7)21-13(16)17/h1-6,13H,(H,19,20). The Morgan fingerprint density at radius 3 is 2.62 bits per heavy atom. The lowest BCUT2D eigenvalue weighted by molar-refractivity contribution is -0.0498. The van der Waals surface area contributed by atoms with Crippen molar-refractivity contribution in [2.45, 2.75) is 6.61 Å². The third-order valence-corrected chi connectivity index (χ3v) is 3.13. The molecule has 0 saturated carbocycles. The van der Waals surface area contributed by atoms with E-state index in [0.717, 1.165) is 0 Å². The van der Waals surface area contributed by atoms with Crippen LogP contribution in [0.15, 0.2) is 41.0 Å². The van der Waals surface area contributed by atoms with Gasteiger partial charge in [-0.2, -0.15) is 8.78 Å². The van der Waals surface area contributed by atoms with E-state index in [9.17, 15) is 13.6 Å². The van der Waals surface area contributed by atoms with Crippen molar-refractivity contribution in [3.63, 3.8) is 0 Å². The molecule has 2 rings (SSSR count). The zero-order valence-corrected chi connectivity index (χ0v) is 12.7. The van der Waals surface area contributed by atoms with Crippen molar-refractivity contribution in [1.29, 1.82) is 0 Å². The quantitative estimate of drug-likeness (QED) is 0.806. The number of rotatable bonds is 4. The lowest BCUT2D eigenvalue weighted by atomic mass is 10.2. The first-order chi connectivity index (χ1) is 9.95. The summed E-state index contributed by atoms with van der Waals surface area (Å²) in [6, 6.07) is 6.89. The largest absolute Gasteiger partial charge is 0.435 e. The fourth-order valence-corrected chi connectivity index (χ4v) is 1.97. The van der Waals surface area contributed by atoms with Crippen LogP contribution in [0.1, 0.15) is 10.4 Å². The van der Waals surface area contributed by atoms with Crippen LogP contribution >= 0.6 is 27.5 Å². The molecule has 1 aromatic heterocycles. The Labute approximate surface area is 132 Å². The van der Waals surface area contributed by atoms with E-state index in [2.05, 4.69) is 31.0 Å². The Kier molecular flexibility index (Phi) is 5.08. The summed E-state index contributed by atoms with van der Waals surface area (Å²) in [5, 5.41) is 2.72. The van der Waals surface area contributed by atoms with Crippen molar-refractivity contribution in [3.05, 3.63) is 51.7 Å². The Hall–Kier alpha value is -1.73. The topological polar surface area (TPSA) is 51.2 Å². The monoisotopic (exact) mass is 376 g/mol. The molecule has 110 valence electrons. The Morgan fingerprint density at radius 2 is 2.00 bits per heavy atom. The molecule has 4 nitrogen and oxygen atoms in total. The molecule has 1 N–H and O–H groups in total. The summed E-state index contributed by atoms with van der Waals surface area (Å²) in [6.45, 7) is -2.91. The van der Waals surface area contributed by atoms with Gasteiger partial charge in [0, 0.05) is 16.2 Å². The number of hydrogen-bond acceptors (Lipinski definition) is 3. The molecule has 0 aliphatic rings. The van der Waals surface area contributed by atoms with Gasteiger partial charge >= 0.3 is 6.61 Å². The van der Waals surface area contributed by atoms with E-state index in [4.69, 9.17) is 11.6 Å². The summed E-state index contributed by atoms with van der Waals surface area (Å²) in [5.74, 6) is -0.468. The van der Waals surface area contributed by atoms with Gasteiger partial charge in [-0.05, 0) is 46.3 Å². The van der Waals surface area contributed by atoms with Crippen LogP contribution in [0.3, 0.4) is 0 Å². The number of anilines is 1. The lowest BCUT2D eigenvalue weighted by Gasteiger charge is -2.08. The number of nitrogens with zero attached hydrogens (tertiary/aromatic N) is 1. The van der Waals surface area contributed by atoms with Gasteiger partial charge in [-0.25, -0.2) is 4.98 Å². The molecule has 21 heavy (non-hydrogen) atoms. The van der Waals surface area contributed by atoms with Gasteiger partial charge in [0.2, 0.25) is 0 Å². The number of carbonyl (C=O) groups is 1. The van der Waals surface area contributed by atoms with E-state index >= 15 is 0 Å². The first kappa shape index (κ1) is 15.7. The van der Waals surface area contributed by atoms with E-state index in [1.54, 1.807) is 6.07 Å². The van der Waals surface area contributed by atoms with Crippen LogP contribution in [0.2, 0.25) is 5.15 Å². The Morgan fingerprint density at radius 1 is 1.33 bits per heavy atom. The van der Waals surface area contributed by atoms with E-state index in [1.807, 2.05) is 0 Å². The number of hydrogen-bond donors (Lipinski definition) is 1. The summed E-state index contributed by atoms with van der Waals surface area (Å²) in [6.07, 6.45) is 1.49. The number of pyridine rings is 1. The highest BCUT2D eigenvalue weighted by molar-refractivity contribution is 9.10. The molecular weight excluding hydrogens is 370 g/mol. The molecule has 0 radical (unpaired) electrons. The van der Waals surface area contributed by atoms with Gasteiger partial charge in [0.25, 0.3) is 5.91 Å².